The van der Waals surface area contributed by atoms with E-state index in [4.69, 9.17) is 10.5 Å². The van der Waals surface area contributed by atoms with Crippen LogP contribution in [-0.4, -0.2) is 34.4 Å². The molecule has 2 aromatic rings. The Labute approximate surface area is 116 Å². The van der Waals surface area contributed by atoms with Crippen LogP contribution in [0.4, 0.5) is 5.69 Å². The largest absolute Gasteiger partial charge is 0.379 e. The van der Waals surface area contributed by atoms with Gasteiger partial charge in [-0.25, -0.2) is 4.68 Å². The van der Waals surface area contributed by atoms with Crippen LogP contribution in [0.1, 0.15) is 6.42 Å². The number of nitrogens with two attached hydrogens (primary N) is 1. The predicted molar refractivity (Wildman–Crippen MR) is 74.5 cm³/mol. The van der Waals surface area contributed by atoms with Crippen LogP contribution in [0.5, 0.6) is 0 Å². The summed E-state index contributed by atoms with van der Waals surface area (Å²) in [6.07, 6.45) is 4.12. The first kappa shape index (κ1) is 12.8. The fourth-order valence-electron chi connectivity index (χ4n) is 2.13. The molecule has 0 radical (unpaired) electrons. The van der Waals surface area contributed by atoms with Crippen molar-refractivity contribution in [2.45, 2.75) is 12.0 Å². The number of carbonyl (C=O) groups is 1. The van der Waals surface area contributed by atoms with Gasteiger partial charge in [0.1, 0.15) is 5.54 Å². The highest BCUT2D eigenvalue weighted by atomic mass is 16.5. The van der Waals surface area contributed by atoms with Gasteiger partial charge in [0.2, 0.25) is 5.91 Å². The molecule has 1 unspecified atom stereocenters. The molecule has 3 rings (SSSR count). The summed E-state index contributed by atoms with van der Waals surface area (Å²) in [5, 5.41) is 6.97. The van der Waals surface area contributed by atoms with Gasteiger partial charge in [-0.2, -0.15) is 5.10 Å². The molecule has 1 atom stereocenters. The van der Waals surface area contributed by atoms with Crippen LogP contribution in [0.25, 0.3) is 5.69 Å². The van der Waals surface area contributed by atoms with Crippen molar-refractivity contribution in [3.05, 3.63) is 42.7 Å². The van der Waals surface area contributed by atoms with E-state index in [0.29, 0.717) is 18.7 Å². The number of benzene rings is 1. The van der Waals surface area contributed by atoms with Gasteiger partial charge < -0.3 is 15.8 Å². The summed E-state index contributed by atoms with van der Waals surface area (Å²) in [4.78, 5) is 12.1. The summed E-state index contributed by atoms with van der Waals surface area (Å²) < 4.78 is 6.94. The minimum atomic E-state index is -0.916. The average molecular weight is 272 g/mol. The Kier molecular flexibility index (Phi) is 3.25. The zero-order valence-electron chi connectivity index (χ0n) is 11.0. The summed E-state index contributed by atoms with van der Waals surface area (Å²) in [5.74, 6) is -0.207. The maximum Gasteiger partial charge on any atom is 0.246 e. The second-order valence-electron chi connectivity index (χ2n) is 4.91. The highest BCUT2D eigenvalue weighted by Crippen LogP contribution is 2.19. The standard InChI is InChI=1S/C14H16N4O2/c15-14(6-9-20-10-14)13(19)17-11-2-4-12(5-3-11)18-8-1-7-16-18/h1-5,7-8H,6,9-10,15H2,(H,17,19). The fourth-order valence-corrected chi connectivity index (χ4v) is 2.13. The van der Waals surface area contributed by atoms with Gasteiger partial charge in [0.05, 0.1) is 12.3 Å². The third-order valence-electron chi connectivity index (χ3n) is 3.40. The highest BCUT2D eigenvalue weighted by molar-refractivity contribution is 5.98. The van der Waals surface area contributed by atoms with Crippen LogP contribution < -0.4 is 11.1 Å². The van der Waals surface area contributed by atoms with E-state index in [2.05, 4.69) is 10.4 Å². The zero-order chi connectivity index (χ0) is 14.0. The maximum atomic E-state index is 12.1. The van der Waals surface area contributed by atoms with Crippen LogP contribution in [0, 0.1) is 0 Å². The number of carbonyl (C=O) groups excluding carboxylic acids is 1. The topological polar surface area (TPSA) is 82.2 Å². The van der Waals surface area contributed by atoms with E-state index < -0.39 is 5.54 Å². The Balaban J connectivity index is 1.71. The van der Waals surface area contributed by atoms with E-state index in [9.17, 15) is 4.79 Å². The number of nitrogens with one attached hydrogen (secondary N) is 1. The summed E-state index contributed by atoms with van der Waals surface area (Å²) in [5.41, 5.74) is 6.73. The lowest BCUT2D eigenvalue weighted by Crippen LogP contribution is -2.51. The van der Waals surface area contributed by atoms with Crippen LogP contribution in [0.15, 0.2) is 42.7 Å². The molecule has 1 aromatic heterocycles. The van der Waals surface area contributed by atoms with Crippen molar-refractivity contribution in [3.8, 4) is 5.69 Å². The molecule has 6 heteroatoms. The number of hydrogen-bond acceptors (Lipinski definition) is 4. The highest BCUT2D eigenvalue weighted by Gasteiger charge is 2.38. The monoisotopic (exact) mass is 272 g/mol. The Morgan fingerprint density at radius 2 is 2.20 bits per heavy atom. The number of nitrogens with zero attached hydrogens (tertiary/aromatic N) is 2. The molecule has 20 heavy (non-hydrogen) atoms. The summed E-state index contributed by atoms with van der Waals surface area (Å²) in [6.45, 7) is 0.798. The first-order valence-electron chi connectivity index (χ1n) is 6.46. The molecule has 1 aliphatic heterocycles. The van der Waals surface area contributed by atoms with Gasteiger partial charge in [-0.3, -0.25) is 4.79 Å². The average Bonchev–Trinajstić information content (AvgIpc) is 3.11. The fraction of sp³-hybridized carbons (Fsp3) is 0.286. The molecule has 6 nitrogen and oxygen atoms in total. The van der Waals surface area contributed by atoms with Gasteiger partial charge in [0.25, 0.3) is 0 Å². The van der Waals surface area contributed by atoms with Crippen molar-refractivity contribution in [2.24, 2.45) is 5.73 Å². The molecular formula is C14H16N4O2. The van der Waals surface area contributed by atoms with Crippen LogP contribution in [-0.2, 0) is 9.53 Å². The van der Waals surface area contributed by atoms with Crippen molar-refractivity contribution in [1.29, 1.82) is 0 Å². The lowest BCUT2D eigenvalue weighted by molar-refractivity contribution is -0.121. The summed E-state index contributed by atoms with van der Waals surface area (Å²) in [6, 6.07) is 9.28. The quantitative estimate of drug-likeness (QED) is 0.870. The summed E-state index contributed by atoms with van der Waals surface area (Å²) >= 11 is 0. The van der Waals surface area contributed by atoms with E-state index in [1.165, 1.54) is 0 Å². The molecule has 1 aliphatic rings. The number of anilines is 1. The Morgan fingerprint density at radius 3 is 2.80 bits per heavy atom. The van der Waals surface area contributed by atoms with E-state index in [0.717, 1.165) is 5.69 Å². The van der Waals surface area contributed by atoms with Crippen molar-refractivity contribution >= 4 is 11.6 Å². The van der Waals surface area contributed by atoms with Gasteiger partial charge in [-0.05, 0) is 36.8 Å². The van der Waals surface area contributed by atoms with Crippen LogP contribution in [0.3, 0.4) is 0 Å². The number of amides is 1. The van der Waals surface area contributed by atoms with E-state index in [1.54, 1.807) is 10.9 Å². The van der Waals surface area contributed by atoms with Gasteiger partial charge in [-0.15, -0.1) is 0 Å². The number of aromatic nitrogens is 2. The number of hydrogen-bond donors (Lipinski definition) is 2. The molecule has 3 N–H and O–H groups in total. The molecular weight excluding hydrogens is 256 g/mol. The summed E-state index contributed by atoms with van der Waals surface area (Å²) in [7, 11) is 0. The van der Waals surface area contributed by atoms with Crippen LogP contribution in [0.2, 0.25) is 0 Å². The van der Waals surface area contributed by atoms with Gasteiger partial charge in [0, 0.05) is 24.7 Å². The Hall–Kier alpha value is -2.18. The third-order valence-corrected chi connectivity index (χ3v) is 3.40. The van der Waals surface area contributed by atoms with Crippen molar-refractivity contribution in [2.75, 3.05) is 18.5 Å². The second kappa shape index (κ2) is 5.07. The van der Waals surface area contributed by atoms with Crippen LogP contribution >= 0.6 is 0 Å². The zero-order valence-corrected chi connectivity index (χ0v) is 11.0. The van der Waals surface area contributed by atoms with Crippen molar-refractivity contribution in [1.82, 2.24) is 9.78 Å². The SMILES string of the molecule is NC1(C(=O)Nc2ccc(-n3cccn3)cc2)CCOC1. The second-order valence-corrected chi connectivity index (χ2v) is 4.91. The van der Waals surface area contributed by atoms with Gasteiger partial charge in [0.15, 0.2) is 0 Å². The minimum absolute atomic E-state index is 0.207. The van der Waals surface area contributed by atoms with E-state index in [1.807, 2.05) is 36.5 Å². The molecule has 1 amide bonds. The molecule has 104 valence electrons. The Morgan fingerprint density at radius 1 is 1.40 bits per heavy atom. The first-order chi connectivity index (χ1) is 9.67. The molecule has 0 spiro atoms. The molecule has 0 aliphatic carbocycles. The molecule has 1 aromatic carbocycles. The van der Waals surface area contributed by atoms with Gasteiger partial charge in [-0.1, -0.05) is 0 Å². The smallest absolute Gasteiger partial charge is 0.246 e. The minimum Gasteiger partial charge on any atom is -0.379 e. The number of rotatable bonds is 3. The molecule has 1 saturated heterocycles. The molecule has 1 fully saturated rings. The van der Waals surface area contributed by atoms with Gasteiger partial charge >= 0.3 is 0 Å². The predicted octanol–water partition coefficient (Wildman–Crippen LogP) is 0.929. The third kappa shape index (κ3) is 2.43. The molecule has 2 heterocycles. The normalized spacial score (nSPS) is 21.9. The van der Waals surface area contributed by atoms with E-state index in [-0.39, 0.29) is 12.5 Å². The van der Waals surface area contributed by atoms with Crippen molar-refractivity contribution < 1.29 is 9.53 Å². The first-order valence-corrected chi connectivity index (χ1v) is 6.46. The lowest BCUT2D eigenvalue weighted by atomic mass is 9.99. The van der Waals surface area contributed by atoms with Crippen molar-refractivity contribution in [3.63, 3.8) is 0 Å². The van der Waals surface area contributed by atoms with E-state index >= 15 is 0 Å². The maximum absolute atomic E-state index is 12.1. The molecule has 0 saturated carbocycles. The lowest BCUT2D eigenvalue weighted by Gasteiger charge is -2.20. The molecule has 0 bridgehead atoms. The Bertz CT molecular complexity index is 586. The number of ether oxygens (including phenoxy) is 1.